The number of nitrogens with two attached hydrogens (primary N) is 1. The highest BCUT2D eigenvalue weighted by molar-refractivity contribution is 5.83. The smallest absolute Gasteiger partial charge is 0.239 e. The number of carbonyl (C=O) groups excluding carboxylic acids is 3. The molecule has 0 saturated carbocycles. The molecule has 0 unspecified atom stereocenters. The molecular formula is C19H36N2O4. The van der Waals surface area contributed by atoms with Gasteiger partial charge in [0.1, 0.15) is 17.6 Å². The van der Waals surface area contributed by atoms with Gasteiger partial charge in [0.05, 0.1) is 6.61 Å². The molecule has 0 heterocycles. The molecule has 0 aliphatic carbocycles. The molecule has 6 heteroatoms. The Kier molecular flexibility index (Phi) is 15.4. The van der Waals surface area contributed by atoms with Crippen LogP contribution in [0.2, 0.25) is 0 Å². The normalized spacial score (nSPS) is 12.0. The van der Waals surface area contributed by atoms with E-state index in [4.69, 9.17) is 10.8 Å². The molecule has 25 heavy (non-hydrogen) atoms. The van der Waals surface area contributed by atoms with Crippen molar-refractivity contribution >= 4 is 17.5 Å². The van der Waals surface area contributed by atoms with Crippen molar-refractivity contribution in [3.05, 3.63) is 0 Å². The number of Topliss-reactive ketones (excluding diaryl/α,β-unsaturated/α-hetero) is 2. The number of aliphatic hydroxyl groups excluding tert-OH is 1. The maximum atomic E-state index is 11.7. The minimum Gasteiger partial charge on any atom is -0.394 e. The van der Waals surface area contributed by atoms with Crippen LogP contribution in [0.15, 0.2) is 0 Å². The van der Waals surface area contributed by atoms with Crippen molar-refractivity contribution in [3.8, 4) is 0 Å². The molecule has 0 aliphatic rings. The van der Waals surface area contributed by atoms with E-state index in [0.29, 0.717) is 31.5 Å². The van der Waals surface area contributed by atoms with Crippen molar-refractivity contribution in [1.29, 1.82) is 0 Å². The minimum absolute atomic E-state index is 0.116. The Morgan fingerprint density at radius 1 is 0.840 bits per heavy atom. The fraction of sp³-hybridized carbons (Fsp3) is 0.842. The molecule has 6 nitrogen and oxygen atoms in total. The van der Waals surface area contributed by atoms with Gasteiger partial charge in [-0.05, 0) is 19.3 Å². The molecule has 0 bridgehead atoms. The van der Waals surface area contributed by atoms with E-state index in [-0.39, 0.29) is 12.3 Å². The minimum atomic E-state index is -0.926. The average molecular weight is 357 g/mol. The van der Waals surface area contributed by atoms with Gasteiger partial charge in [-0.1, -0.05) is 39.0 Å². The van der Waals surface area contributed by atoms with Crippen LogP contribution in [0.5, 0.6) is 0 Å². The second-order valence-corrected chi connectivity index (χ2v) is 6.63. The van der Waals surface area contributed by atoms with Crippen molar-refractivity contribution in [2.24, 2.45) is 5.73 Å². The standard InChI is InChI=1S/C19H36N2O4/c1-2-3-4-7-10-16(23)11-8-5-6-9-12-17(24)13-14-21-19(25)18(20)15-22/h18,22H,2-15,20H2,1H3,(H,21,25)/t18-/m0/s1. The number of amides is 1. The molecule has 0 radical (unpaired) electrons. The van der Waals surface area contributed by atoms with Crippen molar-refractivity contribution in [3.63, 3.8) is 0 Å². The molecule has 0 fully saturated rings. The molecule has 0 aromatic rings. The largest absolute Gasteiger partial charge is 0.394 e. The summed E-state index contributed by atoms with van der Waals surface area (Å²) in [5.41, 5.74) is 5.35. The Morgan fingerprint density at radius 3 is 1.80 bits per heavy atom. The van der Waals surface area contributed by atoms with Gasteiger partial charge in [-0.2, -0.15) is 0 Å². The summed E-state index contributed by atoms with van der Waals surface area (Å²) in [5.74, 6) is 0.0449. The van der Waals surface area contributed by atoms with Crippen LogP contribution in [0.3, 0.4) is 0 Å². The number of hydrogen-bond acceptors (Lipinski definition) is 5. The van der Waals surface area contributed by atoms with E-state index in [1.165, 1.54) is 12.8 Å². The molecule has 0 spiro atoms. The molecule has 0 aliphatic heterocycles. The number of unbranched alkanes of at least 4 members (excludes halogenated alkanes) is 6. The zero-order chi connectivity index (χ0) is 18.9. The van der Waals surface area contributed by atoms with Gasteiger partial charge in [-0.25, -0.2) is 0 Å². The van der Waals surface area contributed by atoms with Crippen molar-refractivity contribution in [1.82, 2.24) is 5.32 Å². The van der Waals surface area contributed by atoms with Gasteiger partial charge in [0.2, 0.25) is 5.91 Å². The summed E-state index contributed by atoms with van der Waals surface area (Å²) < 4.78 is 0. The Balaban J connectivity index is 3.45. The first-order chi connectivity index (χ1) is 12.0. The number of carbonyl (C=O) groups is 3. The second kappa shape index (κ2) is 16.2. The van der Waals surface area contributed by atoms with Crippen molar-refractivity contribution in [2.75, 3.05) is 13.2 Å². The molecule has 146 valence electrons. The van der Waals surface area contributed by atoms with Gasteiger partial charge >= 0.3 is 0 Å². The van der Waals surface area contributed by atoms with Gasteiger partial charge in [0.25, 0.3) is 0 Å². The fourth-order valence-corrected chi connectivity index (χ4v) is 2.54. The summed E-state index contributed by atoms with van der Waals surface area (Å²) in [6, 6.07) is -0.926. The lowest BCUT2D eigenvalue weighted by Crippen LogP contribution is -2.43. The zero-order valence-corrected chi connectivity index (χ0v) is 15.7. The van der Waals surface area contributed by atoms with Crippen LogP contribution in [0.25, 0.3) is 0 Å². The molecule has 0 aromatic heterocycles. The van der Waals surface area contributed by atoms with Crippen molar-refractivity contribution in [2.45, 2.75) is 90.0 Å². The first kappa shape index (κ1) is 23.7. The molecule has 0 saturated heterocycles. The lowest BCUT2D eigenvalue weighted by atomic mass is 10.0. The van der Waals surface area contributed by atoms with Crippen LogP contribution in [0.4, 0.5) is 0 Å². The maximum Gasteiger partial charge on any atom is 0.239 e. The molecule has 1 amide bonds. The topological polar surface area (TPSA) is 109 Å². The van der Waals surface area contributed by atoms with E-state index >= 15 is 0 Å². The third kappa shape index (κ3) is 14.8. The van der Waals surface area contributed by atoms with E-state index in [9.17, 15) is 14.4 Å². The highest BCUT2D eigenvalue weighted by Gasteiger charge is 2.11. The highest BCUT2D eigenvalue weighted by Crippen LogP contribution is 2.10. The summed E-state index contributed by atoms with van der Waals surface area (Å²) in [4.78, 5) is 34.7. The SMILES string of the molecule is CCCCCCC(=O)CCCCCCC(=O)CCNC(=O)[C@@H](N)CO. The Bertz CT molecular complexity index is 386. The number of hydrogen-bond donors (Lipinski definition) is 3. The third-order valence-electron chi connectivity index (χ3n) is 4.21. The summed E-state index contributed by atoms with van der Waals surface area (Å²) >= 11 is 0. The first-order valence-corrected chi connectivity index (χ1v) is 9.68. The summed E-state index contributed by atoms with van der Waals surface area (Å²) in [6.07, 6.45) is 10.4. The molecule has 4 N–H and O–H groups in total. The van der Waals surface area contributed by atoms with Gasteiger partial charge in [0.15, 0.2) is 0 Å². The molecule has 0 aromatic carbocycles. The molecular weight excluding hydrogens is 320 g/mol. The Labute approximate surface area is 151 Å². The molecule has 1 atom stereocenters. The number of aliphatic hydroxyl groups is 1. The third-order valence-corrected chi connectivity index (χ3v) is 4.21. The van der Waals surface area contributed by atoms with Crippen LogP contribution >= 0.6 is 0 Å². The highest BCUT2D eigenvalue weighted by atomic mass is 16.3. The predicted molar refractivity (Wildman–Crippen MR) is 99.2 cm³/mol. The lowest BCUT2D eigenvalue weighted by molar-refractivity contribution is -0.123. The Morgan fingerprint density at radius 2 is 1.32 bits per heavy atom. The van der Waals surface area contributed by atoms with Crippen LogP contribution in [-0.4, -0.2) is 41.8 Å². The average Bonchev–Trinajstić information content (AvgIpc) is 2.60. The zero-order valence-electron chi connectivity index (χ0n) is 15.7. The van der Waals surface area contributed by atoms with Crippen molar-refractivity contribution < 1.29 is 19.5 Å². The van der Waals surface area contributed by atoms with Crippen LogP contribution in [0, 0.1) is 0 Å². The summed E-state index contributed by atoms with van der Waals surface area (Å²) in [7, 11) is 0. The number of nitrogens with one attached hydrogen (secondary N) is 1. The van der Waals surface area contributed by atoms with Gasteiger partial charge in [-0.3, -0.25) is 14.4 Å². The van der Waals surface area contributed by atoms with Crippen LogP contribution in [0.1, 0.15) is 84.0 Å². The van der Waals surface area contributed by atoms with Gasteiger partial charge < -0.3 is 16.2 Å². The van der Waals surface area contributed by atoms with Gasteiger partial charge in [0, 0.05) is 32.2 Å². The van der Waals surface area contributed by atoms with Crippen LogP contribution in [-0.2, 0) is 14.4 Å². The molecule has 0 rings (SSSR count). The second-order valence-electron chi connectivity index (χ2n) is 6.63. The Hall–Kier alpha value is -1.27. The van der Waals surface area contributed by atoms with E-state index in [2.05, 4.69) is 12.2 Å². The monoisotopic (exact) mass is 356 g/mol. The fourth-order valence-electron chi connectivity index (χ4n) is 2.54. The first-order valence-electron chi connectivity index (χ1n) is 9.68. The quantitative estimate of drug-likeness (QED) is 0.346. The van der Waals surface area contributed by atoms with E-state index in [0.717, 1.165) is 38.5 Å². The van der Waals surface area contributed by atoms with Crippen LogP contribution < -0.4 is 11.1 Å². The van der Waals surface area contributed by atoms with E-state index < -0.39 is 18.6 Å². The summed E-state index contributed by atoms with van der Waals surface area (Å²) in [6.45, 7) is 2.02. The van der Waals surface area contributed by atoms with E-state index in [1.54, 1.807) is 0 Å². The lowest BCUT2D eigenvalue weighted by Gasteiger charge is -2.08. The maximum absolute atomic E-state index is 11.7. The summed E-state index contributed by atoms with van der Waals surface area (Å²) in [5, 5.41) is 11.3. The number of rotatable bonds is 17. The number of ketones is 2. The van der Waals surface area contributed by atoms with E-state index in [1.807, 2.05) is 0 Å². The van der Waals surface area contributed by atoms with Gasteiger partial charge in [-0.15, -0.1) is 0 Å². The predicted octanol–water partition coefficient (Wildman–Crippen LogP) is 2.26.